The maximum absolute atomic E-state index is 12.3. The van der Waals surface area contributed by atoms with E-state index in [9.17, 15) is 14.9 Å². The van der Waals surface area contributed by atoms with Crippen LogP contribution in [-0.4, -0.2) is 35.1 Å². The van der Waals surface area contributed by atoms with Gasteiger partial charge in [0.1, 0.15) is 15.4 Å². The molecule has 1 aliphatic rings. The van der Waals surface area contributed by atoms with Crippen molar-refractivity contribution >= 4 is 51.4 Å². The Hall–Kier alpha value is -1.29. The average molecular weight is 360 g/mol. The van der Waals surface area contributed by atoms with Gasteiger partial charge in [-0.25, -0.2) is 0 Å². The number of carbonyl (C=O) groups is 2. The Kier molecular flexibility index (Phi) is 4.20. The molecule has 5 nitrogen and oxygen atoms in total. The summed E-state index contributed by atoms with van der Waals surface area (Å²) in [7, 11) is 3.26. The van der Waals surface area contributed by atoms with Gasteiger partial charge in [0, 0.05) is 14.1 Å². The highest BCUT2D eigenvalue weighted by Gasteiger charge is 2.68. The van der Waals surface area contributed by atoms with E-state index >= 15 is 0 Å². The van der Waals surface area contributed by atoms with Gasteiger partial charge in [-0.05, 0) is 25.8 Å². The number of hydrogen-bond acceptors (Lipinski definition) is 4. The maximum Gasteiger partial charge on any atom is 0.263 e. The third-order valence-corrected chi connectivity index (χ3v) is 6.14. The fourth-order valence-corrected chi connectivity index (χ4v) is 3.91. The second kappa shape index (κ2) is 5.41. The molecule has 1 heterocycles. The number of amides is 2. The van der Waals surface area contributed by atoms with Crippen LogP contribution in [0, 0.1) is 23.7 Å². The number of thiophene rings is 1. The van der Waals surface area contributed by atoms with E-state index in [4.69, 9.17) is 23.2 Å². The largest absolute Gasteiger partial charge is 0.344 e. The van der Waals surface area contributed by atoms with E-state index in [2.05, 4.69) is 5.32 Å². The molecular weight excluding hydrogens is 345 g/mol. The minimum Gasteiger partial charge on any atom is -0.344 e. The minimum atomic E-state index is -1.08. The molecule has 118 valence electrons. The summed E-state index contributed by atoms with van der Waals surface area (Å²) in [6.07, 6.45) is 0.352. The van der Waals surface area contributed by atoms with Crippen molar-refractivity contribution in [3.05, 3.63) is 16.0 Å². The maximum atomic E-state index is 12.3. The molecule has 0 aliphatic heterocycles. The number of nitriles is 1. The van der Waals surface area contributed by atoms with Crippen LogP contribution in [0.25, 0.3) is 0 Å². The Labute approximate surface area is 142 Å². The third-order valence-electron chi connectivity index (χ3n) is 3.85. The van der Waals surface area contributed by atoms with Gasteiger partial charge in [0.15, 0.2) is 0 Å². The predicted molar refractivity (Wildman–Crippen MR) is 87.6 cm³/mol. The first-order valence-electron chi connectivity index (χ1n) is 6.49. The molecule has 1 aromatic heterocycles. The Morgan fingerprint density at radius 3 is 2.36 bits per heavy atom. The van der Waals surface area contributed by atoms with Crippen molar-refractivity contribution < 1.29 is 9.59 Å². The van der Waals surface area contributed by atoms with Gasteiger partial charge in [0.05, 0.1) is 15.9 Å². The molecule has 2 rings (SSSR count). The van der Waals surface area contributed by atoms with E-state index in [1.807, 2.05) is 6.07 Å². The molecule has 1 aromatic rings. The van der Waals surface area contributed by atoms with Gasteiger partial charge in [-0.1, -0.05) is 0 Å². The molecule has 8 heteroatoms. The van der Waals surface area contributed by atoms with Gasteiger partial charge in [0.2, 0.25) is 5.91 Å². The first-order chi connectivity index (χ1) is 10.0. The standard InChI is InChI=1S/C14H15Cl2N3O2S/c1-7-8(5-17)10(22-9(7)11(20)19(3)4)18-12(21)13(2)6-14(13,15)16/h6H2,1-4H3,(H,18,21)/t13-/m1/s1. The zero-order chi connectivity index (χ0) is 16.9. The highest BCUT2D eigenvalue weighted by atomic mass is 35.5. The van der Waals surface area contributed by atoms with Crippen LogP contribution < -0.4 is 5.32 Å². The lowest BCUT2D eigenvalue weighted by atomic mass is 10.1. The molecule has 1 aliphatic carbocycles. The van der Waals surface area contributed by atoms with Crippen molar-refractivity contribution in [2.24, 2.45) is 5.41 Å². The summed E-state index contributed by atoms with van der Waals surface area (Å²) in [4.78, 5) is 26.3. The molecule has 0 aromatic carbocycles. The molecule has 1 atom stereocenters. The average Bonchev–Trinajstić information content (AvgIpc) is 2.79. The zero-order valence-corrected chi connectivity index (χ0v) is 14.9. The quantitative estimate of drug-likeness (QED) is 0.842. The van der Waals surface area contributed by atoms with E-state index in [0.717, 1.165) is 11.3 Å². The number of halogens is 2. The molecule has 1 saturated carbocycles. The van der Waals surface area contributed by atoms with E-state index in [1.165, 1.54) is 4.90 Å². The Morgan fingerprint density at radius 2 is 1.95 bits per heavy atom. The Balaban J connectivity index is 2.33. The fourth-order valence-electron chi connectivity index (χ4n) is 2.03. The van der Waals surface area contributed by atoms with E-state index in [-0.39, 0.29) is 11.8 Å². The highest BCUT2D eigenvalue weighted by molar-refractivity contribution is 7.18. The van der Waals surface area contributed by atoms with Crippen molar-refractivity contribution in [1.29, 1.82) is 5.26 Å². The molecule has 0 saturated heterocycles. The van der Waals surface area contributed by atoms with Crippen LogP contribution in [0.3, 0.4) is 0 Å². The molecule has 0 unspecified atom stereocenters. The summed E-state index contributed by atoms with van der Waals surface area (Å²) in [5.41, 5.74) is -0.0279. The molecule has 0 radical (unpaired) electrons. The first kappa shape index (κ1) is 17.1. The van der Waals surface area contributed by atoms with Crippen LogP contribution in [0.1, 0.15) is 34.1 Å². The van der Waals surface area contributed by atoms with Crippen molar-refractivity contribution in [1.82, 2.24) is 4.90 Å². The van der Waals surface area contributed by atoms with Gasteiger partial charge in [-0.15, -0.1) is 34.5 Å². The number of alkyl halides is 2. The van der Waals surface area contributed by atoms with Crippen LogP contribution in [0.4, 0.5) is 5.00 Å². The summed E-state index contributed by atoms with van der Waals surface area (Å²) >= 11 is 13.1. The number of carbonyl (C=O) groups excluding carboxylic acids is 2. The van der Waals surface area contributed by atoms with Gasteiger partial charge < -0.3 is 10.2 Å². The molecule has 1 N–H and O–H groups in total. The van der Waals surface area contributed by atoms with Crippen LogP contribution in [0.15, 0.2) is 0 Å². The van der Waals surface area contributed by atoms with Crippen molar-refractivity contribution in [3.63, 3.8) is 0 Å². The van der Waals surface area contributed by atoms with Crippen molar-refractivity contribution in [2.45, 2.75) is 24.6 Å². The van der Waals surface area contributed by atoms with E-state index < -0.39 is 9.75 Å². The van der Waals surface area contributed by atoms with Crippen LogP contribution in [0.2, 0.25) is 0 Å². The van der Waals surface area contributed by atoms with Crippen LogP contribution >= 0.6 is 34.5 Å². The monoisotopic (exact) mass is 359 g/mol. The van der Waals surface area contributed by atoms with Crippen molar-refractivity contribution in [3.8, 4) is 6.07 Å². The molecule has 0 bridgehead atoms. The van der Waals surface area contributed by atoms with Crippen LogP contribution in [-0.2, 0) is 4.79 Å². The number of nitrogens with one attached hydrogen (secondary N) is 1. The van der Waals surface area contributed by atoms with E-state index in [0.29, 0.717) is 27.4 Å². The van der Waals surface area contributed by atoms with Gasteiger partial charge in [0.25, 0.3) is 5.91 Å². The minimum absolute atomic E-state index is 0.207. The van der Waals surface area contributed by atoms with Crippen molar-refractivity contribution in [2.75, 3.05) is 19.4 Å². The summed E-state index contributed by atoms with van der Waals surface area (Å²) in [6, 6.07) is 2.03. The second-order valence-electron chi connectivity index (χ2n) is 5.74. The lowest BCUT2D eigenvalue weighted by Gasteiger charge is -2.11. The van der Waals surface area contributed by atoms with Gasteiger partial charge in [-0.2, -0.15) is 5.26 Å². The number of hydrogen-bond donors (Lipinski definition) is 1. The Morgan fingerprint density at radius 1 is 1.41 bits per heavy atom. The summed E-state index contributed by atoms with van der Waals surface area (Å²) < 4.78 is -1.08. The SMILES string of the molecule is Cc1c(C(=O)N(C)C)sc(NC(=O)[C@@]2(C)CC2(Cl)Cl)c1C#N. The van der Waals surface area contributed by atoms with Gasteiger partial charge in [-0.3, -0.25) is 9.59 Å². The summed E-state index contributed by atoms with van der Waals surface area (Å²) in [6.45, 7) is 3.36. The number of rotatable bonds is 3. The molecule has 0 spiro atoms. The Bertz CT molecular complexity index is 706. The predicted octanol–water partition coefficient (Wildman–Crippen LogP) is 3.15. The normalized spacial score (nSPS) is 21.9. The first-order valence-corrected chi connectivity index (χ1v) is 8.07. The second-order valence-corrected chi connectivity index (χ2v) is 8.24. The molecule has 22 heavy (non-hydrogen) atoms. The molecule has 1 fully saturated rings. The lowest BCUT2D eigenvalue weighted by molar-refractivity contribution is -0.120. The molecular formula is C14H15Cl2N3O2S. The topological polar surface area (TPSA) is 73.2 Å². The van der Waals surface area contributed by atoms with Gasteiger partial charge >= 0.3 is 0 Å². The lowest BCUT2D eigenvalue weighted by Crippen LogP contribution is -2.25. The molecule has 2 amide bonds. The summed E-state index contributed by atoms with van der Waals surface area (Å²) in [5.74, 6) is -0.555. The summed E-state index contributed by atoms with van der Waals surface area (Å²) in [5, 5.41) is 12.3. The third kappa shape index (κ3) is 2.58. The number of nitrogens with zero attached hydrogens (tertiary/aromatic N) is 2. The smallest absolute Gasteiger partial charge is 0.263 e. The number of anilines is 1. The van der Waals surface area contributed by atoms with E-state index in [1.54, 1.807) is 27.9 Å². The fraction of sp³-hybridized carbons (Fsp3) is 0.500. The highest BCUT2D eigenvalue weighted by Crippen LogP contribution is 2.64. The zero-order valence-electron chi connectivity index (χ0n) is 12.6. The van der Waals surface area contributed by atoms with Crippen LogP contribution in [0.5, 0.6) is 0 Å².